The second-order valence-corrected chi connectivity index (χ2v) is 15.8. The van der Waals surface area contributed by atoms with Crippen molar-refractivity contribution in [2.24, 2.45) is 0 Å². The number of nitrogens with zero attached hydrogens (tertiary/aromatic N) is 1. The lowest BCUT2D eigenvalue weighted by Gasteiger charge is -2.24. The Labute approximate surface area is 290 Å². The molecule has 9 heteroatoms. The average Bonchev–Trinajstić information content (AvgIpc) is 3.01. The number of carbonyl (C=O) groups excluding carboxylic acids is 1. The highest BCUT2D eigenvalue weighted by Crippen LogP contribution is 2.43. The molecule has 0 spiro atoms. The van der Waals surface area contributed by atoms with Crippen molar-refractivity contribution in [3.05, 3.63) is 12.2 Å². The molecule has 0 amide bonds. The molecule has 0 bridgehead atoms. The molecule has 0 aromatic heterocycles. The van der Waals surface area contributed by atoms with E-state index in [0.29, 0.717) is 24.1 Å². The van der Waals surface area contributed by atoms with Gasteiger partial charge in [0.25, 0.3) is 0 Å². The SMILES string of the molecule is CCCCC/C=C\CCCCCCCC(=O)OC(COCCCCCCCCCCCCCCC)COP(=O)(O)OCC[N+](C)(C)C. The molecule has 1 N–H and O–H groups in total. The number of phosphoric ester groups is 1. The Balaban J connectivity index is 4.29. The number of phosphoric acid groups is 1. The van der Waals surface area contributed by atoms with Gasteiger partial charge in [0.2, 0.25) is 0 Å². The number of hydrogen-bond acceptors (Lipinski definition) is 6. The van der Waals surface area contributed by atoms with Crippen molar-refractivity contribution in [1.82, 2.24) is 0 Å². The summed E-state index contributed by atoms with van der Waals surface area (Å²) in [6.45, 7) is 5.60. The molecule has 0 saturated heterocycles. The number of ether oxygens (including phenoxy) is 2. The van der Waals surface area contributed by atoms with Crippen molar-refractivity contribution in [2.75, 3.05) is 54.1 Å². The monoisotopic (exact) mass is 691 g/mol. The third-order valence-corrected chi connectivity index (χ3v) is 9.31. The van der Waals surface area contributed by atoms with E-state index in [1.165, 1.54) is 103 Å². The maximum Gasteiger partial charge on any atom is 0.472 e. The van der Waals surface area contributed by atoms with Gasteiger partial charge in [0.05, 0.1) is 34.4 Å². The maximum absolute atomic E-state index is 12.6. The molecule has 47 heavy (non-hydrogen) atoms. The smallest absolute Gasteiger partial charge is 0.457 e. The molecular weight excluding hydrogens is 613 g/mol. The van der Waals surface area contributed by atoms with E-state index < -0.39 is 13.9 Å². The van der Waals surface area contributed by atoms with Crippen LogP contribution >= 0.6 is 7.82 Å². The first-order valence-corrected chi connectivity index (χ1v) is 20.9. The number of allylic oxidation sites excluding steroid dienone is 2. The molecule has 0 aromatic rings. The Kier molecular flexibility index (Phi) is 31.9. The van der Waals surface area contributed by atoms with E-state index >= 15 is 0 Å². The molecule has 280 valence electrons. The number of likely N-dealkylation sites (N-methyl/N-ethyl adjacent to an activating group) is 1. The summed E-state index contributed by atoms with van der Waals surface area (Å²) in [6.07, 6.45) is 32.3. The highest BCUT2D eigenvalue weighted by molar-refractivity contribution is 7.47. The van der Waals surface area contributed by atoms with E-state index in [9.17, 15) is 14.3 Å². The van der Waals surface area contributed by atoms with Crippen molar-refractivity contribution < 1.29 is 37.3 Å². The number of unbranched alkanes of at least 4 members (excludes halogenated alkanes) is 20. The lowest BCUT2D eigenvalue weighted by atomic mass is 10.0. The van der Waals surface area contributed by atoms with Gasteiger partial charge in [0.15, 0.2) is 0 Å². The normalized spacial score (nSPS) is 14.1. The minimum absolute atomic E-state index is 0.0898. The van der Waals surface area contributed by atoms with Gasteiger partial charge >= 0.3 is 13.8 Å². The summed E-state index contributed by atoms with van der Waals surface area (Å²) in [7, 11) is 1.67. The number of esters is 1. The van der Waals surface area contributed by atoms with Crippen LogP contribution in [0.4, 0.5) is 0 Å². The zero-order chi connectivity index (χ0) is 34.9. The molecular formula is C38H77NO7P+. The first kappa shape index (κ1) is 46.2. The van der Waals surface area contributed by atoms with Gasteiger partial charge in [0.1, 0.15) is 19.3 Å². The Morgan fingerprint density at radius 3 is 1.66 bits per heavy atom. The summed E-state index contributed by atoms with van der Waals surface area (Å²) >= 11 is 0. The van der Waals surface area contributed by atoms with Gasteiger partial charge in [0, 0.05) is 13.0 Å². The van der Waals surface area contributed by atoms with E-state index in [0.717, 1.165) is 44.9 Å². The average molecular weight is 691 g/mol. The summed E-state index contributed by atoms with van der Waals surface area (Å²) in [4.78, 5) is 22.7. The van der Waals surface area contributed by atoms with Crippen LogP contribution in [0.1, 0.15) is 168 Å². The fourth-order valence-corrected chi connectivity index (χ4v) is 5.99. The van der Waals surface area contributed by atoms with Crippen LogP contribution in [0.3, 0.4) is 0 Å². The summed E-state index contributed by atoms with van der Waals surface area (Å²) in [5, 5.41) is 0. The first-order chi connectivity index (χ1) is 22.6. The second kappa shape index (κ2) is 32.4. The predicted octanol–water partition coefficient (Wildman–Crippen LogP) is 10.7. The Morgan fingerprint density at radius 1 is 0.638 bits per heavy atom. The summed E-state index contributed by atoms with van der Waals surface area (Å²) < 4.78 is 34.8. The number of rotatable bonds is 36. The summed E-state index contributed by atoms with van der Waals surface area (Å²) in [5.74, 6) is -0.322. The third-order valence-electron chi connectivity index (χ3n) is 8.33. The van der Waals surface area contributed by atoms with Gasteiger partial charge in [-0.2, -0.15) is 0 Å². The lowest BCUT2D eigenvalue weighted by molar-refractivity contribution is -0.870. The molecule has 0 rings (SSSR count). The van der Waals surface area contributed by atoms with Gasteiger partial charge in [-0.05, 0) is 38.5 Å². The Bertz CT molecular complexity index is 772. The van der Waals surface area contributed by atoms with E-state index in [4.69, 9.17) is 18.5 Å². The van der Waals surface area contributed by atoms with Crippen LogP contribution in [0.2, 0.25) is 0 Å². The molecule has 0 radical (unpaired) electrons. The van der Waals surface area contributed by atoms with Crippen molar-refractivity contribution in [2.45, 2.75) is 174 Å². The second-order valence-electron chi connectivity index (χ2n) is 14.3. The molecule has 0 saturated carbocycles. The van der Waals surface area contributed by atoms with Crippen LogP contribution in [0.25, 0.3) is 0 Å². The fraction of sp³-hybridized carbons (Fsp3) is 0.921. The Hall–Kier alpha value is -0.760. The van der Waals surface area contributed by atoms with Gasteiger partial charge in [-0.3, -0.25) is 13.8 Å². The molecule has 2 unspecified atom stereocenters. The fourth-order valence-electron chi connectivity index (χ4n) is 5.25. The van der Waals surface area contributed by atoms with Crippen LogP contribution < -0.4 is 0 Å². The van der Waals surface area contributed by atoms with Crippen molar-refractivity contribution in [3.63, 3.8) is 0 Å². The third kappa shape index (κ3) is 36.3. The number of carbonyl (C=O) groups is 1. The summed E-state index contributed by atoms with van der Waals surface area (Å²) in [5.41, 5.74) is 0. The van der Waals surface area contributed by atoms with E-state index in [2.05, 4.69) is 26.0 Å². The zero-order valence-corrected chi connectivity index (χ0v) is 32.4. The highest BCUT2D eigenvalue weighted by Gasteiger charge is 2.26. The topological polar surface area (TPSA) is 91.3 Å². The largest absolute Gasteiger partial charge is 0.472 e. The number of quaternary nitrogens is 1. The lowest BCUT2D eigenvalue weighted by Crippen LogP contribution is -2.37. The molecule has 0 heterocycles. The van der Waals surface area contributed by atoms with E-state index in [1.807, 2.05) is 21.1 Å². The van der Waals surface area contributed by atoms with Crippen LogP contribution in [0, 0.1) is 0 Å². The molecule has 0 fully saturated rings. The van der Waals surface area contributed by atoms with Crippen LogP contribution in [0.5, 0.6) is 0 Å². The van der Waals surface area contributed by atoms with Crippen molar-refractivity contribution >= 4 is 13.8 Å². The zero-order valence-electron chi connectivity index (χ0n) is 31.5. The molecule has 0 aliphatic heterocycles. The standard InChI is InChI=1S/C38H76NO7P/c1-6-8-10-12-14-16-18-20-22-24-26-28-30-33-43-35-37(36-45-47(41,42)44-34-32-39(3,4)5)46-38(40)31-29-27-25-23-21-19-17-15-13-11-9-7-2/h15,17,37H,6-14,16,18-36H2,1-5H3/p+1/b17-15-. The van der Waals surface area contributed by atoms with E-state index in [1.54, 1.807) is 0 Å². The molecule has 0 aliphatic carbocycles. The minimum atomic E-state index is -4.26. The quantitative estimate of drug-likeness (QED) is 0.0230. The van der Waals surface area contributed by atoms with Crippen LogP contribution in [-0.4, -0.2) is 75.6 Å². The minimum Gasteiger partial charge on any atom is -0.457 e. The molecule has 2 atom stereocenters. The van der Waals surface area contributed by atoms with Gasteiger partial charge in [-0.15, -0.1) is 0 Å². The predicted molar refractivity (Wildman–Crippen MR) is 197 cm³/mol. The van der Waals surface area contributed by atoms with Crippen molar-refractivity contribution in [1.29, 1.82) is 0 Å². The van der Waals surface area contributed by atoms with Gasteiger partial charge < -0.3 is 18.9 Å². The van der Waals surface area contributed by atoms with Gasteiger partial charge in [-0.1, -0.05) is 135 Å². The first-order valence-electron chi connectivity index (χ1n) is 19.4. The maximum atomic E-state index is 12.6. The van der Waals surface area contributed by atoms with Crippen LogP contribution in [-0.2, 0) is 27.9 Å². The van der Waals surface area contributed by atoms with Crippen molar-refractivity contribution in [3.8, 4) is 0 Å². The van der Waals surface area contributed by atoms with E-state index in [-0.39, 0.29) is 25.8 Å². The highest BCUT2D eigenvalue weighted by atomic mass is 31.2. The number of hydrogen-bond donors (Lipinski definition) is 1. The molecule has 0 aliphatic rings. The van der Waals surface area contributed by atoms with Crippen LogP contribution in [0.15, 0.2) is 12.2 Å². The van der Waals surface area contributed by atoms with Gasteiger partial charge in [-0.25, -0.2) is 4.57 Å². The Morgan fingerprint density at radius 2 is 1.11 bits per heavy atom. The summed E-state index contributed by atoms with van der Waals surface area (Å²) in [6, 6.07) is 0. The molecule has 8 nitrogen and oxygen atoms in total. The molecule has 0 aromatic carbocycles.